The van der Waals surface area contributed by atoms with Crippen molar-refractivity contribution in [3.05, 3.63) is 48.0 Å². The number of nitrogens with two attached hydrogens (primary N) is 1. The molecule has 0 aliphatic carbocycles. The summed E-state index contributed by atoms with van der Waals surface area (Å²) in [6.07, 6.45) is -9.47. The number of anilines is 1. The minimum atomic E-state index is -4.87. The van der Waals surface area contributed by atoms with Gasteiger partial charge in [-0.2, -0.15) is 13.2 Å². The maximum atomic E-state index is 13.0. The number of alkyl halides is 6. The number of rotatable bonds is 2. The Morgan fingerprint density at radius 2 is 1.41 bits per heavy atom. The van der Waals surface area contributed by atoms with E-state index in [4.69, 9.17) is 5.73 Å². The quantitative estimate of drug-likeness (QED) is 0.634. The van der Waals surface area contributed by atoms with Crippen LogP contribution in [-0.2, 0) is 6.18 Å². The minimum Gasteiger partial charge on any atom is -0.406 e. The molecule has 2 aromatic rings. The van der Waals surface area contributed by atoms with Crippen LogP contribution in [0.1, 0.15) is 5.56 Å². The van der Waals surface area contributed by atoms with Crippen molar-refractivity contribution in [3.8, 4) is 16.9 Å². The first-order valence-electron chi connectivity index (χ1n) is 5.89. The molecule has 2 nitrogen and oxygen atoms in total. The van der Waals surface area contributed by atoms with Gasteiger partial charge >= 0.3 is 12.5 Å². The van der Waals surface area contributed by atoms with Crippen molar-refractivity contribution in [3.63, 3.8) is 0 Å². The van der Waals surface area contributed by atoms with E-state index in [9.17, 15) is 26.3 Å². The lowest BCUT2D eigenvalue weighted by Crippen LogP contribution is -2.17. The summed E-state index contributed by atoms with van der Waals surface area (Å²) in [5.41, 5.74) is 4.53. The zero-order valence-corrected chi connectivity index (χ0v) is 10.8. The summed E-state index contributed by atoms with van der Waals surface area (Å²) >= 11 is 0. The van der Waals surface area contributed by atoms with E-state index in [1.165, 1.54) is 0 Å². The van der Waals surface area contributed by atoms with Gasteiger partial charge in [-0.3, -0.25) is 0 Å². The van der Waals surface area contributed by atoms with Crippen molar-refractivity contribution in [1.29, 1.82) is 0 Å². The highest BCUT2D eigenvalue weighted by atomic mass is 19.4. The molecule has 0 saturated carbocycles. The first-order chi connectivity index (χ1) is 10.1. The maximum Gasteiger partial charge on any atom is 0.573 e. The van der Waals surface area contributed by atoms with Crippen LogP contribution in [0.25, 0.3) is 11.1 Å². The van der Waals surface area contributed by atoms with Crippen LogP contribution in [0.4, 0.5) is 32.0 Å². The van der Waals surface area contributed by atoms with Crippen molar-refractivity contribution < 1.29 is 31.1 Å². The number of nitrogen functional groups attached to an aromatic ring is 1. The molecule has 0 aliphatic rings. The Bertz CT molecular complexity index is 661. The summed E-state index contributed by atoms with van der Waals surface area (Å²) in [5.74, 6) is -0.520. The second-order valence-electron chi connectivity index (χ2n) is 4.37. The van der Waals surface area contributed by atoms with Crippen LogP contribution in [-0.4, -0.2) is 6.36 Å². The maximum absolute atomic E-state index is 13.0. The number of hydrogen-bond acceptors (Lipinski definition) is 2. The Hall–Kier alpha value is -2.38. The molecule has 0 fully saturated rings. The summed E-state index contributed by atoms with van der Waals surface area (Å²) in [6.45, 7) is 0. The molecule has 0 aliphatic heterocycles. The molecule has 0 amide bonds. The summed E-state index contributed by atoms with van der Waals surface area (Å²) in [6, 6.07) is 7.12. The van der Waals surface area contributed by atoms with Gasteiger partial charge in [0.2, 0.25) is 0 Å². The van der Waals surface area contributed by atoms with Gasteiger partial charge in [0.25, 0.3) is 0 Å². The Kier molecular flexibility index (Phi) is 3.95. The fraction of sp³-hybridized carbons (Fsp3) is 0.143. The molecule has 0 heterocycles. The molecule has 2 aromatic carbocycles. The van der Waals surface area contributed by atoms with Gasteiger partial charge in [0.1, 0.15) is 5.75 Å². The molecule has 22 heavy (non-hydrogen) atoms. The van der Waals surface area contributed by atoms with Crippen molar-refractivity contribution in [2.45, 2.75) is 12.5 Å². The summed E-state index contributed by atoms with van der Waals surface area (Å²) < 4.78 is 78.7. The number of hydrogen-bond donors (Lipinski definition) is 1. The normalized spacial score (nSPS) is 12.3. The van der Waals surface area contributed by atoms with E-state index in [0.29, 0.717) is 0 Å². The first kappa shape index (κ1) is 16.0. The average molecular weight is 321 g/mol. The van der Waals surface area contributed by atoms with E-state index in [1.54, 1.807) is 0 Å². The van der Waals surface area contributed by atoms with Crippen LogP contribution in [0.2, 0.25) is 0 Å². The first-order valence-corrected chi connectivity index (χ1v) is 5.89. The van der Waals surface area contributed by atoms with Gasteiger partial charge in [0.15, 0.2) is 0 Å². The molecule has 2 rings (SSSR count). The SMILES string of the molecule is Nc1ccc(C(F)(F)F)c(-c2ccc(OC(F)(F)F)cc2)c1. The molecular weight excluding hydrogens is 312 g/mol. The smallest absolute Gasteiger partial charge is 0.406 e. The molecular formula is C14H9F6NO. The Morgan fingerprint density at radius 3 is 1.91 bits per heavy atom. The second kappa shape index (κ2) is 5.43. The van der Waals surface area contributed by atoms with Crippen LogP contribution in [0, 0.1) is 0 Å². The van der Waals surface area contributed by atoms with E-state index in [-0.39, 0.29) is 16.8 Å². The molecule has 0 unspecified atom stereocenters. The second-order valence-corrected chi connectivity index (χ2v) is 4.37. The van der Waals surface area contributed by atoms with E-state index in [2.05, 4.69) is 4.74 Å². The summed E-state index contributed by atoms with van der Waals surface area (Å²) in [5, 5.41) is 0. The van der Waals surface area contributed by atoms with E-state index >= 15 is 0 Å². The lowest BCUT2D eigenvalue weighted by molar-refractivity contribution is -0.274. The topological polar surface area (TPSA) is 35.2 Å². The van der Waals surface area contributed by atoms with Gasteiger partial charge in [-0.25, -0.2) is 0 Å². The van der Waals surface area contributed by atoms with Crippen LogP contribution in [0.15, 0.2) is 42.5 Å². The Balaban J connectivity index is 2.42. The molecule has 2 N–H and O–H groups in total. The fourth-order valence-corrected chi connectivity index (χ4v) is 1.88. The third-order valence-electron chi connectivity index (χ3n) is 2.75. The molecule has 0 atom stereocenters. The van der Waals surface area contributed by atoms with Gasteiger partial charge in [0.05, 0.1) is 5.56 Å². The predicted octanol–water partition coefficient (Wildman–Crippen LogP) is 4.85. The molecule has 0 radical (unpaired) electrons. The molecule has 0 saturated heterocycles. The summed E-state index contributed by atoms with van der Waals surface area (Å²) in [4.78, 5) is 0. The zero-order chi connectivity index (χ0) is 16.5. The molecule has 0 spiro atoms. The van der Waals surface area contributed by atoms with Crippen LogP contribution in [0.3, 0.4) is 0 Å². The van der Waals surface area contributed by atoms with Crippen LogP contribution in [0.5, 0.6) is 5.75 Å². The third kappa shape index (κ3) is 3.84. The molecule has 118 valence electrons. The van der Waals surface area contributed by atoms with Crippen molar-refractivity contribution in [1.82, 2.24) is 0 Å². The third-order valence-corrected chi connectivity index (χ3v) is 2.75. The number of halogens is 6. The van der Waals surface area contributed by atoms with Gasteiger partial charge in [-0.1, -0.05) is 12.1 Å². The highest BCUT2D eigenvalue weighted by Crippen LogP contribution is 2.38. The van der Waals surface area contributed by atoms with Gasteiger partial charge in [-0.05, 0) is 41.5 Å². The van der Waals surface area contributed by atoms with Gasteiger partial charge < -0.3 is 10.5 Å². The predicted molar refractivity (Wildman–Crippen MR) is 68.0 cm³/mol. The zero-order valence-electron chi connectivity index (χ0n) is 10.8. The number of ether oxygens (including phenoxy) is 1. The van der Waals surface area contributed by atoms with Crippen molar-refractivity contribution in [2.75, 3.05) is 5.73 Å². The van der Waals surface area contributed by atoms with Crippen molar-refractivity contribution in [2.24, 2.45) is 0 Å². The molecule has 8 heteroatoms. The van der Waals surface area contributed by atoms with Gasteiger partial charge in [0, 0.05) is 5.69 Å². The van der Waals surface area contributed by atoms with Crippen LogP contribution >= 0.6 is 0 Å². The van der Waals surface area contributed by atoms with E-state index < -0.39 is 23.9 Å². The Morgan fingerprint density at radius 1 is 0.818 bits per heavy atom. The van der Waals surface area contributed by atoms with Crippen molar-refractivity contribution >= 4 is 5.69 Å². The largest absolute Gasteiger partial charge is 0.573 e. The summed E-state index contributed by atoms with van der Waals surface area (Å²) in [7, 11) is 0. The lowest BCUT2D eigenvalue weighted by Gasteiger charge is -2.14. The fourth-order valence-electron chi connectivity index (χ4n) is 1.88. The molecule has 0 aromatic heterocycles. The molecule has 0 bridgehead atoms. The lowest BCUT2D eigenvalue weighted by atomic mass is 9.98. The van der Waals surface area contributed by atoms with E-state index in [0.717, 1.165) is 42.5 Å². The van der Waals surface area contributed by atoms with E-state index in [1.807, 2.05) is 0 Å². The average Bonchev–Trinajstić information content (AvgIpc) is 2.36. The van der Waals surface area contributed by atoms with Crippen LogP contribution < -0.4 is 10.5 Å². The number of benzene rings is 2. The standard InChI is InChI=1S/C14H9F6NO/c15-13(16,17)12-6-3-9(21)7-11(12)8-1-4-10(5-2-8)22-14(18,19)20/h1-7H,21H2. The Labute approximate surface area is 121 Å². The monoisotopic (exact) mass is 321 g/mol. The highest BCUT2D eigenvalue weighted by Gasteiger charge is 2.34. The van der Waals surface area contributed by atoms with Gasteiger partial charge in [-0.15, -0.1) is 13.2 Å². The highest BCUT2D eigenvalue weighted by molar-refractivity contribution is 5.72. The minimum absolute atomic E-state index is 0.0779.